The summed E-state index contributed by atoms with van der Waals surface area (Å²) in [4.78, 5) is 10.3. The molecule has 4 nitrogen and oxygen atoms in total. The molecule has 0 unspecified atom stereocenters. The second-order valence-corrected chi connectivity index (χ2v) is 19.3. The molecule has 4 heteroatoms. The monoisotopic (exact) mass is 840 g/mol. The van der Waals surface area contributed by atoms with Crippen molar-refractivity contribution in [2.45, 2.75) is 112 Å². The van der Waals surface area contributed by atoms with Gasteiger partial charge in [0.25, 0.3) is 0 Å². The average Bonchev–Trinajstić information content (AvgIpc) is 3.67. The van der Waals surface area contributed by atoms with Crippen LogP contribution in [0, 0.1) is 13.8 Å². The molecule has 0 aliphatic heterocycles. The second kappa shape index (κ2) is 16.1. The van der Waals surface area contributed by atoms with Gasteiger partial charge in [-0.25, -0.2) is 4.98 Å². The first-order valence-electron chi connectivity index (χ1n) is 26.5. The number of hydrogen-bond acceptors (Lipinski definition) is 3. The van der Waals surface area contributed by atoms with Gasteiger partial charge in [-0.05, 0) is 140 Å². The van der Waals surface area contributed by atoms with Gasteiger partial charge < -0.3 is 5.11 Å². The van der Waals surface area contributed by atoms with Crippen LogP contribution in [0.3, 0.4) is 0 Å². The van der Waals surface area contributed by atoms with Crippen LogP contribution in [0.4, 0.5) is 0 Å². The summed E-state index contributed by atoms with van der Waals surface area (Å²) in [5, 5.41) is 11.9. The summed E-state index contributed by atoms with van der Waals surface area (Å²) in [6.07, 6.45) is 1.67. The molecular formula is C59H63N3O. The number of phenols is 1. The highest BCUT2D eigenvalue weighted by atomic mass is 16.3. The number of imidazole rings is 1. The number of aryl methyl sites for hydroxylation is 2. The first-order chi connectivity index (χ1) is 33.7. The minimum absolute atomic E-state index is 0.0559. The molecule has 0 aliphatic carbocycles. The first-order valence-corrected chi connectivity index (χ1v) is 21.5. The molecule has 320 valence electrons. The number of aromatic nitrogens is 3. The van der Waals surface area contributed by atoms with Crippen molar-refractivity contribution in [1.29, 1.82) is 0 Å². The maximum Gasteiger partial charge on any atom is 0.149 e. The summed E-state index contributed by atoms with van der Waals surface area (Å²) in [7, 11) is 0. The SMILES string of the molecule is [2H]C(C)(C)c1ccc(-n2c(-c3cc(C)cc(C)c3O)nc3c(-c4cc(-c5cc(-c6ccc(C(C([2H])([2H])[2H])(C([2H])([2H])[2H])C([2H])([2H])[2H])cc6)ccn5)cc(C(C)(C)C)c4)cccc32)c(-c2ccc(C(C)(C)C)cc2)c1. The van der Waals surface area contributed by atoms with E-state index in [0.29, 0.717) is 33.7 Å². The molecule has 0 spiro atoms. The Morgan fingerprint density at radius 1 is 0.587 bits per heavy atom. The Morgan fingerprint density at radius 3 is 1.89 bits per heavy atom. The van der Waals surface area contributed by atoms with Crippen molar-refractivity contribution in [3.05, 3.63) is 167 Å². The van der Waals surface area contributed by atoms with Crippen LogP contribution in [0.1, 0.15) is 129 Å². The number of para-hydroxylation sites is 1. The molecule has 0 fully saturated rings. The maximum atomic E-state index is 11.9. The first kappa shape index (κ1) is 32.4. The molecule has 0 saturated carbocycles. The summed E-state index contributed by atoms with van der Waals surface area (Å²) in [6.45, 7) is 10.6. The molecule has 2 heterocycles. The fraction of sp³-hybridized carbons (Fsp3) is 0.288. The number of pyridine rings is 1. The van der Waals surface area contributed by atoms with E-state index in [9.17, 15) is 5.11 Å². The zero-order valence-corrected chi connectivity index (χ0v) is 38.0. The van der Waals surface area contributed by atoms with Gasteiger partial charge in [-0.2, -0.15) is 0 Å². The number of nitrogens with zero attached hydrogens (tertiary/aromatic N) is 3. The van der Waals surface area contributed by atoms with Crippen LogP contribution in [0.15, 0.2) is 134 Å². The van der Waals surface area contributed by atoms with E-state index in [-0.39, 0.29) is 22.1 Å². The van der Waals surface area contributed by atoms with Crippen LogP contribution >= 0.6 is 0 Å². The van der Waals surface area contributed by atoms with E-state index in [1.165, 1.54) is 17.7 Å². The predicted octanol–water partition coefficient (Wildman–Crippen LogP) is 16.1. The van der Waals surface area contributed by atoms with Gasteiger partial charge in [0.2, 0.25) is 0 Å². The van der Waals surface area contributed by atoms with Crippen molar-refractivity contribution in [2.75, 3.05) is 0 Å². The highest BCUT2D eigenvalue weighted by Crippen LogP contribution is 2.43. The van der Waals surface area contributed by atoms with Crippen LogP contribution in [0.2, 0.25) is 0 Å². The third kappa shape index (κ3) is 8.61. The minimum Gasteiger partial charge on any atom is -0.507 e. The van der Waals surface area contributed by atoms with E-state index in [0.717, 1.165) is 61.3 Å². The second-order valence-electron chi connectivity index (χ2n) is 19.3. The van der Waals surface area contributed by atoms with Gasteiger partial charge in [0, 0.05) is 36.6 Å². The van der Waals surface area contributed by atoms with E-state index in [1.807, 2.05) is 64.1 Å². The molecule has 0 radical (unpaired) electrons. The summed E-state index contributed by atoms with van der Waals surface area (Å²) in [6, 6.07) is 40.6. The smallest absolute Gasteiger partial charge is 0.149 e. The summed E-state index contributed by atoms with van der Waals surface area (Å²) < 4.78 is 85.0. The number of hydrogen-bond donors (Lipinski definition) is 1. The number of aromatic hydroxyl groups is 1. The van der Waals surface area contributed by atoms with Gasteiger partial charge in [-0.3, -0.25) is 9.55 Å². The normalized spacial score (nSPS) is 15.5. The van der Waals surface area contributed by atoms with E-state index in [2.05, 4.69) is 107 Å². The molecule has 0 aliphatic rings. The zero-order valence-electron chi connectivity index (χ0n) is 48.0. The molecule has 63 heavy (non-hydrogen) atoms. The molecule has 6 aromatic carbocycles. The van der Waals surface area contributed by atoms with Gasteiger partial charge in [-0.15, -0.1) is 0 Å². The minimum atomic E-state index is -3.37. The Hall–Kier alpha value is -6.26. The quantitative estimate of drug-likeness (QED) is 0.174. The van der Waals surface area contributed by atoms with Gasteiger partial charge in [0.1, 0.15) is 11.6 Å². The molecule has 0 amide bonds. The highest BCUT2D eigenvalue weighted by Gasteiger charge is 2.25. The van der Waals surface area contributed by atoms with Crippen molar-refractivity contribution in [1.82, 2.24) is 14.5 Å². The van der Waals surface area contributed by atoms with Crippen LogP contribution < -0.4 is 0 Å². The van der Waals surface area contributed by atoms with Crippen LogP contribution in [0.5, 0.6) is 5.75 Å². The van der Waals surface area contributed by atoms with E-state index in [1.54, 1.807) is 24.4 Å². The molecule has 0 saturated heterocycles. The van der Waals surface area contributed by atoms with Gasteiger partial charge >= 0.3 is 0 Å². The topological polar surface area (TPSA) is 50.9 Å². The summed E-state index contributed by atoms with van der Waals surface area (Å²) >= 11 is 0. The van der Waals surface area contributed by atoms with Crippen molar-refractivity contribution >= 4 is 11.0 Å². The van der Waals surface area contributed by atoms with E-state index < -0.39 is 31.9 Å². The Morgan fingerprint density at radius 2 is 1.24 bits per heavy atom. The molecular weight excluding hydrogens is 767 g/mol. The van der Waals surface area contributed by atoms with Crippen LogP contribution in [-0.2, 0) is 16.2 Å². The van der Waals surface area contributed by atoms with E-state index >= 15 is 0 Å². The highest BCUT2D eigenvalue weighted by molar-refractivity contribution is 5.98. The standard InChI is InChI=1S/C59H63N3O/c1-36(2)41-21-26-52(49(34-41)40-19-24-46(25-20-40)58(8,9)10)62-53-16-14-15-48(54(53)61-56(62)50-30-37(3)29-38(4)55(50)63)43-31-44(33-47(32-43)59(11,12)13)51-35-42(27-28-60-51)39-17-22-45(23-18-39)57(5,6)7/h14-36,63H,1-13H3/i5D3,6D3,7D3,36D. The number of rotatable bonds is 7. The Labute approximate surface area is 389 Å². The summed E-state index contributed by atoms with van der Waals surface area (Å²) in [5.41, 5.74) is 10.3. The number of fused-ring (bicyclic) bond motifs is 1. The lowest BCUT2D eigenvalue weighted by Gasteiger charge is -2.22. The molecule has 2 aromatic heterocycles. The number of phenolic OH excluding ortho intramolecular Hbond substituents is 1. The Kier molecular flexibility index (Phi) is 8.30. The van der Waals surface area contributed by atoms with Crippen molar-refractivity contribution < 1.29 is 18.8 Å². The van der Waals surface area contributed by atoms with Crippen LogP contribution in [0.25, 0.3) is 72.7 Å². The lowest BCUT2D eigenvalue weighted by atomic mass is 9.83. The average molecular weight is 840 g/mol. The molecule has 8 rings (SSSR count). The maximum absolute atomic E-state index is 11.9. The van der Waals surface area contributed by atoms with Crippen molar-refractivity contribution in [3.8, 4) is 67.5 Å². The third-order valence-electron chi connectivity index (χ3n) is 12.1. The third-order valence-corrected chi connectivity index (χ3v) is 12.1. The summed E-state index contributed by atoms with van der Waals surface area (Å²) in [5.74, 6) is -0.199. The lowest BCUT2D eigenvalue weighted by Crippen LogP contribution is -2.11. The fourth-order valence-electron chi connectivity index (χ4n) is 8.35. The number of benzene rings is 6. The largest absolute Gasteiger partial charge is 0.507 e. The molecule has 0 atom stereocenters. The van der Waals surface area contributed by atoms with Crippen molar-refractivity contribution in [2.24, 2.45) is 0 Å². The molecule has 0 bridgehead atoms. The van der Waals surface area contributed by atoms with Gasteiger partial charge in [-0.1, -0.05) is 155 Å². The van der Waals surface area contributed by atoms with Gasteiger partial charge in [0.15, 0.2) is 0 Å². The molecule has 8 aromatic rings. The Balaban J connectivity index is 1.34. The van der Waals surface area contributed by atoms with Gasteiger partial charge in [0.05, 0.1) is 28.0 Å². The lowest BCUT2D eigenvalue weighted by molar-refractivity contribution is 0.472. The van der Waals surface area contributed by atoms with Crippen molar-refractivity contribution in [3.63, 3.8) is 0 Å². The predicted molar refractivity (Wildman–Crippen MR) is 267 cm³/mol. The Bertz CT molecular complexity index is 3340. The fourth-order valence-corrected chi connectivity index (χ4v) is 8.35. The zero-order chi connectivity index (χ0) is 53.6. The molecule has 1 N–H and O–H groups in total. The van der Waals surface area contributed by atoms with E-state index in [4.69, 9.17) is 23.7 Å². The van der Waals surface area contributed by atoms with Crippen LogP contribution in [-0.4, -0.2) is 19.6 Å².